The van der Waals surface area contributed by atoms with Gasteiger partial charge in [0.2, 0.25) is 11.8 Å². The number of likely N-dealkylation sites (tertiary alicyclic amines) is 1. The van der Waals surface area contributed by atoms with Crippen LogP contribution in [-0.2, 0) is 29.4 Å². The molecule has 2 heterocycles. The Morgan fingerprint density at radius 1 is 0.830 bits per heavy atom. The molecule has 2 aliphatic heterocycles. The molecule has 4 aromatic carbocycles. The number of carboxylic acid groups (broad SMARTS) is 1. The highest BCUT2D eigenvalue weighted by Gasteiger charge is 2.70. The molecule has 8 rings (SSSR count). The van der Waals surface area contributed by atoms with Gasteiger partial charge in [-0.1, -0.05) is 96.4 Å². The van der Waals surface area contributed by atoms with E-state index in [1.165, 1.54) is 4.90 Å². The van der Waals surface area contributed by atoms with Crippen molar-refractivity contribution >= 4 is 46.1 Å². The van der Waals surface area contributed by atoms with Crippen molar-refractivity contribution in [1.29, 1.82) is 0 Å². The molecule has 53 heavy (non-hydrogen) atoms. The Bertz CT molecular complexity index is 2180. The summed E-state index contributed by atoms with van der Waals surface area (Å²) in [6.07, 6.45) is 3.97. The number of allylic oxidation sites excluding steroid dienone is 2. The molecule has 0 spiro atoms. The molecule has 3 fully saturated rings. The van der Waals surface area contributed by atoms with E-state index in [2.05, 4.69) is 5.43 Å². The molecule has 4 aromatic rings. The number of carboxylic acids is 1. The number of nitrogens with one attached hydrogen (secondary N) is 1. The molecule has 270 valence electrons. The molecule has 0 radical (unpaired) electrons. The van der Waals surface area contributed by atoms with Crippen LogP contribution in [0, 0.1) is 30.6 Å². The Morgan fingerprint density at radius 3 is 2.32 bits per heavy atom. The SMILES string of the molecule is Cc1ccc(NN2C(=O)[C@@H]3C[C@@H]4C(=CC[C@@H]5C(=O)N(CCCCCC(=O)O)C(=O)[C@@H]54)[C@H](c4c(O)ccc5ccccc45)[C@]3(c3ccccc3)C2=O)cc1. The first kappa shape index (κ1) is 34.3. The number of hydrazine groups is 1. The summed E-state index contributed by atoms with van der Waals surface area (Å²) >= 11 is 0. The number of nitrogens with zero attached hydrogens (tertiary/aromatic N) is 2. The van der Waals surface area contributed by atoms with E-state index in [9.17, 15) is 24.3 Å². The Kier molecular flexibility index (Phi) is 8.63. The van der Waals surface area contributed by atoms with Gasteiger partial charge in [0.1, 0.15) is 5.75 Å². The van der Waals surface area contributed by atoms with Crippen molar-refractivity contribution in [3.05, 3.63) is 119 Å². The van der Waals surface area contributed by atoms with Gasteiger partial charge in [0.05, 0.1) is 28.9 Å². The van der Waals surface area contributed by atoms with Gasteiger partial charge in [-0.3, -0.25) is 34.3 Å². The zero-order chi connectivity index (χ0) is 37.0. The number of carbonyl (C=O) groups is 5. The number of aromatic hydroxyl groups is 1. The van der Waals surface area contributed by atoms with Crippen LogP contribution in [-0.4, -0.2) is 56.3 Å². The highest BCUT2D eigenvalue weighted by molar-refractivity contribution is 6.13. The lowest BCUT2D eigenvalue weighted by molar-refractivity contribution is -0.141. The second-order valence-corrected chi connectivity index (χ2v) is 14.8. The zero-order valence-electron chi connectivity index (χ0n) is 29.4. The second kappa shape index (κ2) is 13.3. The number of aryl methyl sites for hydroxylation is 1. The van der Waals surface area contributed by atoms with E-state index < -0.39 is 52.8 Å². The van der Waals surface area contributed by atoms with Crippen molar-refractivity contribution in [3.63, 3.8) is 0 Å². The monoisotopic (exact) mass is 711 g/mol. The molecular weight excluding hydrogens is 670 g/mol. The van der Waals surface area contributed by atoms with Gasteiger partial charge in [0.25, 0.3) is 11.8 Å². The predicted octanol–water partition coefficient (Wildman–Crippen LogP) is 6.48. The van der Waals surface area contributed by atoms with E-state index in [1.54, 1.807) is 6.07 Å². The lowest BCUT2D eigenvalue weighted by Gasteiger charge is -2.51. The third-order valence-corrected chi connectivity index (χ3v) is 12.0. The average Bonchev–Trinajstić information content (AvgIpc) is 3.53. The maximum absolute atomic E-state index is 15.4. The number of carbonyl (C=O) groups excluding carboxylic acids is 4. The molecule has 4 amide bonds. The quantitative estimate of drug-likeness (QED) is 0.0963. The Labute approximate surface area is 307 Å². The van der Waals surface area contributed by atoms with Crippen molar-refractivity contribution in [2.24, 2.45) is 23.7 Å². The van der Waals surface area contributed by atoms with E-state index >= 15 is 4.79 Å². The summed E-state index contributed by atoms with van der Waals surface area (Å²) in [6.45, 7) is 2.15. The van der Waals surface area contributed by atoms with Crippen LogP contribution >= 0.6 is 0 Å². The van der Waals surface area contributed by atoms with E-state index in [0.29, 0.717) is 36.1 Å². The lowest BCUT2D eigenvalue weighted by atomic mass is 9.48. The maximum atomic E-state index is 15.4. The number of phenols is 1. The number of rotatable bonds is 10. The first-order valence-corrected chi connectivity index (χ1v) is 18.4. The van der Waals surface area contributed by atoms with Gasteiger partial charge in [-0.15, -0.1) is 0 Å². The number of anilines is 1. The number of aliphatic carboxylic acids is 1. The summed E-state index contributed by atoms with van der Waals surface area (Å²) in [4.78, 5) is 70.9. The number of phenolic OH excluding ortho intramolecular Hbond substituents is 1. The van der Waals surface area contributed by atoms with Crippen molar-refractivity contribution in [2.75, 3.05) is 12.0 Å². The van der Waals surface area contributed by atoms with Crippen LogP contribution < -0.4 is 5.43 Å². The normalized spacial score (nSPS) is 26.4. The Morgan fingerprint density at radius 2 is 1.57 bits per heavy atom. The topological polar surface area (TPSA) is 144 Å². The van der Waals surface area contributed by atoms with Crippen LogP contribution in [0.4, 0.5) is 5.69 Å². The maximum Gasteiger partial charge on any atom is 0.303 e. The van der Waals surface area contributed by atoms with Crippen LogP contribution in [0.2, 0.25) is 0 Å². The second-order valence-electron chi connectivity index (χ2n) is 14.8. The van der Waals surface area contributed by atoms with Gasteiger partial charge in [-0.2, -0.15) is 5.01 Å². The van der Waals surface area contributed by atoms with Gasteiger partial charge < -0.3 is 10.2 Å². The van der Waals surface area contributed by atoms with Crippen molar-refractivity contribution in [2.45, 2.75) is 56.8 Å². The van der Waals surface area contributed by atoms with Gasteiger partial charge in [-0.25, -0.2) is 0 Å². The zero-order valence-corrected chi connectivity index (χ0v) is 29.4. The smallest absolute Gasteiger partial charge is 0.303 e. The fourth-order valence-corrected chi connectivity index (χ4v) is 9.66. The summed E-state index contributed by atoms with van der Waals surface area (Å²) in [6, 6.07) is 27.8. The first-order valence-electron chi connectivity index (χ1n) is 18.4. The summed E-state index contributed by atoms with van der Waals surface area (Å²) in [5.74, 6) is -6.03. The predicted molar refractivity (Wildman–Crippen MR) is 197 cm³/mol. The Balaban J connectivity index is 1.29. The van der Waals surface area contributed by atoms with Crippen LogP contribution in [0.3, 0.4) is 0 Å². The van der Waals surface area contributed by atoms with Gasteiger partial charge in [-0.05, 0) is 73.1 Å². The first-order chi connectivity index (χ1) is 25.6. The van der Waals surface area contributed by atoms with Crippen LogP contribution in [0.5, 0.6) is 5.75 Å². The molecular formula is C43H41N3O7. The fourth-order valence-electron chi connectivity index (χ4n) is 9.66. The molecule has 0 bridgehead atoms. The number of unbranched alkanes of at least 4 members (excludes halogenated alkanes) is 2. The number of hydrogen-bond acceptors (Lipinski definition) is 7. The lowest BCUT2D eigenvalue weighted by Crippen LogP contribution is -2.53. The van der Waals surface area contributed by atoms with Gasteiger partial charge in [0.15, 0.2) is 0 Å². The van der Waals surface area contributed by atoms with Gasteiger partial charge >= 0.3 is 5.97 Å². The summed E-state index contributed by atoms with van der Waals surface area (Å²) in [5, 5.41) is 23.6. The fraction of sp³-hybridized carbons (Fsp3) is 0.326. The largest absolute Gasteiger partial charge is 0.508 e. The average molecular weight is 712 g/mol. The molecule has 3 N–H and O–H groups in total. The molecule has 2 aliphatic carbocycles. The highest BCUT2D eigenvalue weighted by atomic mass is 16.4. The minimum atomic E-state index is -1.50. The van der Waals surface area contributed by atoms with Crippen molar-refractivity contribution in [1.82, 2.24) is 9.91 Å². The number of amides is 4. The molecule has 1 saturated carbocycles. The molecule has 10 nitrogen and oxygen atoms in total. The number of imide groups is 2. The minimum absolute atomic E-state index is 0.0200. The van der Waals surface area contributed by atoms with E-state index in [0.717, 1.165) is 26.9 Å². The molecule has 6 atom stereocenters. The van der Waals surface area contributed by atoms with Crippen molar-refractivity contribution < 1.29 is 34.2 Å². The van der Waals surface area contributed by atoms with Crippen LogP contribution in [0.15, 0.2) is 103 Å². The van der Waals surface area contributed by atoms with E-state index in [1.807, 2.05) is 97.9 Å². The molecule has 10 heteroatoms. The third-order valence-electron chi connectivity index (χ3n) is 12.0. The molecule has 4 aliphatic rings. The van der Waals surface area contributed by atoms with Crippen LogP contribution in [0.1, 0.15) is 61.1 Å². The summed E-state index contributed by atoms with van der Waals surface area (Å²) < 4.78 is 0. The molecule has 0 aromatic heterocycles. The minimum Gasteiger partial charge on any atom is -0.508 e. The third kappa shape index (κ3) is 5.42. The summed E-state index contributed by atoms with van der Waals surface area (Å²) in [5.41, 5.74) is 5.13. The standard InChI is InChI=1S/C43H41N3O7/c1-25-15-18-28(19-16-25)44-46-40(51)33-24-32-30(20-21-31-36(32)41(52)45(39(31)50)23-9-3-6-14-35(48)49)38(43(33,42(46)53)27-11-4-2-5-12-27)37-29-13-8-7-10-26(29)17-22-34(37)47/h2,4-5,7-8,10-13,15-20,22,31-33,36,38,44,47H,3,6,9,14,21,23-24H2,1H3,(H,48,49)/t31-,32+,33-,36-,38+,43+/m0/s1. The number of benzene rings is 4. The van der Waals surface area contributed by atoms with Gasteiger partial charge in [0, 0.05) is 24.4 Å². The molecule has 0 unspecified atom stereocenters. The molecule has 2 saturated heterocycles. The summed E-state index contributed by atoms with van der Waals surface area (Å²) in [7, 11) is 0. The van der Waals surface area contributed by atoms with E-state index in [-0.39, 0.29) is 43.4 Å². The van der Waals surface area contributed by atoms with E-state index in [4.69, 9.17) is 5.11 Å². The van der Waals surface area contributed by atoms with Crippen molar-refractivity contribution in [3.8, 4) is 5.75 Å². The Hall–Kier alpha value is -5.77. The van der Waals surface area contributed by atoms with Crippen LogP contribution in [0.25, 0.3) is 10.8 Å². The number of hydrogen-bond donors (Lipinski definition) is 3. The number of fused-ring (bicyclic) bond motifs is 5. The highest BCUT2D eigenvalue weighted by Crippen LogP contribution is 2.65.